The molecule has 2 amide bonds. The molecule has 0 aliphatic carbocycles. The Hall–Kier alpha value is -3.68. The molecule has 184 valence electrons. The quantitative estimate of drug-likeness (QED) is 0.581. The van der Waals surface area contributed by atoms with E-state index in [0.29, 0.717) is 48.5 Å². The highest BCUT2D eigenvalue weighted by Gasteiger charge is 2.39. The summed E-state index contributed by atoms with van der Waals surface area (Å²) < 4.78 is 16.2. The van der Waals surface area contributed by atoms with Crippen molar-refractivity contribution in [2.24, 2.45) is 5.92 Å². The number of H-pyrrole nitrogens is 1. The van der Waals surface area contributed by atoms with Crippen molar-refractivity contribution in [2.75, 3.05) is 45.9 Å². The average molecular weight is 478 g/mol. The highest BCUT2D eigenvalue weighted by atomic mass is 16.5. The first-order chi connectivity index (χ1) is 17.0. The molecule has 0 bridgehead atoms. The van der Waals surface area contributed by atoms with E-state index in [-0.39, 0.29) is 24.2 Å². The molecule has 5 rings (SSSR count). The van der Waals surface area contributed by atoms with Crippen LogP contribution < -0.4 is 19.1 Å². The molecule has 2 aromatic carbocycles. The summed E-state index contributed by atoms with van der Waals surface area (Å²) in [6.07, 6.45) is 2.03. The number of fused-ring (bicyclic) bond motifs is 1. The fourth-order valence-electron chi connectivity index (χ4n) is 5.33. The minimum atomic E-state index is -0.355. The van der Waals surface area contributed by atoms with Crippen LogP contribution in [0.15, 0.2) is 42.5 Å². The number of nitrogens with zero attached hydrogens (tertiary/aromatic N) is 2. The van der Waals surface area contributed by atoms with Gasteiger partial charge in [-0.15, -0.1) is 0 Å². The van der Waals surface area contributed by atoms with Gasteiger partial charge >= 0.3 is 0 Å². The zero-order valence-electron chi connectivity index (χ0n) is 20.4. The Bertz CT molecular complexity index is 1190. The molecule has 1 N–H and O–H groups in total. The van der Waals surface area contributed by atoms with Crippen molar-refractivity contribution in [2.45, 2.75) is 25.2 Å². The van der Waals surface area contributed by atoms with Gasteiger partial charge in [0.15, 0.2) is 11.5 Å². The lowest BCUT2D eigenvalue weighted by Crippen LogP contribution is -2.42. The van der Waals surface area contributed by atoms with Crippen LogP contribution >= 0.6 is 0 Å². The normalized spacial score (nSPS) is 18.8. The summed E-state index contributed by atoms with van der Waals surface area (Å²) >= 11 is 0. The lowest BCUT2D eigenvalue weighted by Gasteiger charge is -2.33. The van der Waals surface area contributed by atoms with Crippen molar-refractivity contribution in [1.29, 1.82) is 0 Å². The average Bonchev–Trinajstić information content (AvgIpc) is 3.51. The van der Waals surface area contributed by atoms with Crippen LogP contribution in [0.4, 0.5) is 5.69 Å². The van der Waals surface area contributed by atoms with Gasteiger partial charge in [0.1, 0.15) is 0 Å². The maximum atomic E-state index is 13.3. The number of anilines is 1. The van der Waals surface area contributed by atoms with E-state index in [9.17, 15) is 9.59 Å². The van der Waals surface area contributed by atoms with Crippen LogP contribution in [0.3, 0.4) is 0 Å². The van der Waals surface area contributed by atoms with E-state index in [1.807, 2.05) is 17.0 Å². The second-order valence-electron chi connectivity index (χ2n) is 9.20. The molecular weight excluding hydrogens is 446 g/mol. The number of ether oxygens (including phenoxy) is 3. The SMILES string of the molecule is COc1cc(N2CC(C(=O)N3CCC(c4cc5ccccc5[nH]4)CC3)CC2=O)cc(OC)c1OC. The summed E-state index contributed by atoms with van der Waals surface area (Å²) in [4.78, 5) is 33.3. The third-order valence-electron chi connectivity index (χ3n) is 7.23. The van der Waals surface area contributed by atoms with Crippen LogP contribution in [-0.2, 0) is 9.59 Å². The number of aromatic amines is 1. The van der Waals surface area contributed by atoms with E-state index in [1.165, 1.54) is 18.2 Å². The van der Waals surface area contributed by atoms with Gasteiger partial charge in [-0.3, -0.25) is 9.59 Å². The molecule has 2 saturated heterocycles. The monoisotopic (exact) mass is 477 g/mol. The number of nitrogens with one attached hydrogen (secondary N) is 1. The predicted octanol–water partition coefficient (Wildman–Crippen LogP) is 3.95. The first kappa shape index (κ1) is 23.1. The third kappa shape index (κ3) is 4.29. The van der Waals surface area contributed by atoms with Crippen LogP contribution in [0.2, 0.25) is 0 Å². The summed E-state index contributed by atoms with van der Waals surface area (Å²) in [6, 6.07) is 14.0. The van der Waals surface area contributed by atoms with Crippen LogP contribution in [-0.4, -0.2) is 62.7 Å². The van der Waals surface area contributed by atoms with Gasteiger partial charge in [0.25, 0.3) is 0 Å². The van der Waals surface area contributed by atoms with Crippen LogP contribution in [0, 0.1) is 5.92 Å². The van der Waals surface area contributed by atoms with Crippen molar-refractivity contribution >= 4 is 28.4 Å². The van der Waals surface area contributed by atoms with Crippen LogP contribution in [0.25, 0.3) is 10.9 Å². The summed E-state index contributed by atoms with van der Waals surface area (Å²) in [5.74, 6) is 1.45. The van der Waals surface area contributed by atoms with Gasteiger partial charge in [0.05, 0.1) is 32.9 Å². The molecule has 2 fully saturated rings. The van der Waals surface area contributed by atoms with Gasteiger partial charge in [-0.1, -0.05) is 18.2 Å². The number of rotatable bonds is 6. The molecule has 8 nitrogen and oxygen atoms in total. The third-order valence-corrected chi connectivity index (χ3v) is 7.23. The first-order valence-corrected chi connectivity index (χ1v) is 12.0. The first-order valence-electron chi connectivity index (χ1n) is 12.0. The van der Waals surface area contributed by atoms with Gasteiger partial charge in [-0.05, 0) is 30.4 Å². The smallest absolute Gasteiger partial charge is 0.228 e. The Morgan fingerprint density at radius 2 is 1.66 bits per heavy atom. The molecule has 8 heteroatoms. The number of hydrogen-bond donors (Lipinski definition) is 1. The number of aromatic nitrogens is 1. The van der Waals surface area contributed by atoms with E-state index in [1.54, 1.807) is 31.3 Å². The lowest BCUT2D eigenvalue weighted by molar-refractivity contribution is -0.136. The number of carbonyl (C=O) groups is 2. The highest BCUT2D eigenvalue weighted by molar-refractivity contribution is 6.00. The molecule has 0 saturated carbocycles. The molecular formula is C27H31N3O5. The topological polar surface area (TPSA) is 84.1 Å². The molecule has 3 heterocycles. The fraction of sp³-hybridized carbons (Fsp3) is 0.407. The Kier molecular flexibility index (Phi) is 6.28. The minimum Gasteiger partial charge on any atom is -0.493 e. The fourth-order valence-corrected chi connectivity index (χ4v) is 5.33. The predicted molar refractivity (Wildman–Crippen MR) is 133 cm³/mol. The second kappa shape index (κ2) is 9.52. The zero-order valence-corrected chi connectivity index (χ0v) is 20.4. The summed E-state index contributed by atoms with van der Waals surface area (Å²) in [5, 5.41) is 1.22. The Labute approximate surface area is 204 Å². The summed E-state index contributed by atoms with van der Waals surface area (Å²) in [5.41, 5.74) is 3.03. The van der Waals surface area contributed by atoms with Gasteiger partial charge in [0, 0.05) is 55.3 Å². The molecule has 0 radical (unpaired) electrons. The molecule has 2 aliphatic rings. The maximum absolute atomic E-state index is 13.3. The van der Waals surface area contributed by atoms with E-state index < -0.39 is 0 Å². The largest absolute Gasteiger partial charge is 0.493 e. The Morgan fingerprint density at radius 3 is 2.29 bits per heavy atom. The van der Waals surface area contributed by atoms with Gasteiger partial charge in [0.2, 0.25) is 17.6 Å². The molecule has 1 unspecified atom stereocenters. The number of methoxy groups -OCH3 is 3. The highest BCUT2D eigenvalue weighted by Crippen LogP contribution is 2.42. The van der Waals surface area contributed by atoms with Crippen LogP contribution in [0.1, 0.15) is 30.9 Å². The summed E-state index contributed by atoms with van der Waals surface area (Å²) in [6.45, 7) is 1.75. The van der Waals surface area contributed by atoms with E-state index in [0.717, 1.165) is 18.4 Å². The molecule has 2 aliphatic heterocycles. The van der Waals surface area contributed by atoms with E-state index in [2.05, 4.69) is 23.2 Å². The number of likely N-dealkylation sites (tertiary alicyclic amines) is 1. The van der Waals surface area contributed by atoms with E-state index in [4.69, 9.17) is 14.2 Å². The van der Waals surface area contributed by atoms with Crippen LogP contribution in [0.5, 0.6) is 17.2 Å². The standard InChI is InChI=1S/C27H31N3O5/c1-33-23-14-20(15-24(34-2)26(23)35-3)30-16-19(13-25(30)31)27(32)29-10-8-17(9-11-29)22-12-18-6-4-5-7-21(18)28-22/h4-7,12,14-15,17,19,28H,8-11,13,16H2,1-3H3. The number of benzene rings is 2. The number of carbonyl (C=O) groups excluding carboxylic acids is 2. The Morgan fingerprint density at radius 1 is 0.971 bits per heavy atom. The summed E-state index contributed by atoms with van der Waals surface area (Å²) in [7, 11) is 4.62. The molecule has 1 aromatic heterocycles. The molecule has 3 aromatic rings. The van der Waals surface area contributed by atoms with Crippen molar-refractivity contribution < 1.29 is 23.8 Å². The lowest BCUT2D eigenvalue weighted by atomic mass is 9.92. The molecule has 35 heavy (non-hydrogen) atoms. The van der Waals surface area contributed by atoms with Gasteiger partial charge < -0.3 is 29.0 Å². The molecule has 0 spiro atoms. The van der Waals surface area contributed by atoms with Crippen molar-refractivity contribution in [3.05, 3.63) is 48.2 Å². The number of para-hydroxylation sites is 1. The number of amides is 2. The second-order valence-corrected chi connectivity index (χ2v) is 9.20. The number of piperidine rings is 1. The maximum Gasteiger partial charge on any atom is 0.228 e. The minimum absolute atomic E-state index is 0.0587. The van der Waals surface area contributed by atoms with Crippen molar-refractivity contribution in [1.82, 2.24) is 9.88 Å². The van der Waals surface area contributed by atoms with E-state index >= 15 is 0 Å². The van der Waals surface area contributed by atoms with Gasteiger partial charge in [-0.2, -0.15) is 0 Å². The van der Waals surface area contributed by atoms with Crippen molar-refractivity contribution in [3.8, 4) is 17.2 Å². The molecule has 1 atom stereocenters. The zero-order chi connectivity index (χ0) is 24.5. The van der Waals surface area contributed by atoms with Crippen molar-refractivity contribution in [3.63, 3.8) is 0 Å². The number of hydrogen-bond acceptors (Lipinski definition) is 5. The Balaban J connectivity index is 1.25. The van der Waals surface area contributed by atoms with Gasteiger partial charge in [-0.25, -0.2) is 0 Å².